The number of benzene rings is 3. The molecule has 1 unspecified atom stereocenters. The summed E-state index contributed by atoms with van der Waals surface area (Å²) in [6, 6.07) is 26.3. The zero-order chi connectivity index (χ0) is 28.9. The number of hydrogen-bond acceptors (Lipinski definition) is 5. The molecule has 0 saturated heterocycles. The van der Waals surface area contributed by atoms with Crippen molar-refractivity contribution in [2.24, 2.45) is 0 Å². The van der Waals surface area contributed by atoms with Crippen LogP contribution in [-0.2, 0) is 20.9 Å². The first-order valence-corrected chi connectivity index (χ1v) is 13.6. The van der Waals surface area contributed by atoms with E-state index < -0.39 is 6.04 Å². The Labute approximate surface area is 240 Å². The van der Waals surface area contributed by atoms with Gasteiger partial charge in [0.1, 0.15) is 30.7 Å². The number of ether oxygens (including phenoxy) is 3. The van der Waals surface area contributed by atoms with Crippen LogP contribution in [0.3, 0.4) is 0 Å². The molecule has 0 aliphatic carbocycles. The average Bonchev–Trinajstić information content (AvgIpc) is 3.49. The fraction of sp³-hybridized carbons (Fsp3) is 0.273. The van der Waals surface area contributed by atoms with Crippen molar-refractivity contribution in [2.75, 3.05) is 32.3 Å². The predicted octanol–water partition coefficient (Wildman–Crippen LogP) is 5.38. The van der Waals surface area contributed by atoms with Gasteiger partial charge in [0.05, 0.1) is 37.9 Å². The van der Waals surface area contributed by atoms with Crippen molar-refractivity contribution in [1.29, 1.82) is 0 Å². The molecule has 0 fully saturated rings. The van der Waals surface area contributed by atoms with Crippen LogP contribution in [0, 0.1) is 0 Å². The van der Waals surface area contributed by atoms with Gasteiger partial charge in [-0.1, -0.05) is 42.5 Å². The molecule has 0 saturated carbocycles. The van der Waals surface area contributed by atoms with Crippen LogP contribution in [-0.4, -0.2) is 54.7 Å². The van der Waals surface area contributed by atoms with Crippen LogP contribution < -0.4 is 14.4 Å². The molecule has 0 spiro atoms. The first-order valence-electron chi connectivity index (χ1n) is 13.6. The smallest absolute Gasteiger partial charge is 0.249 e. The minimum atomic E-state index is -0.518. The number of fused-ring (bicyclic) bond motifs is 3. The zero-order valence-electron chi connectivity index (χ0n) is 23.8. The van der Waals surface area contributed by atoms with Crippen LogP contribution in [0.15, 0.2) is 91.1 Å². The lowest BCUT2D eigenvalue weighted by molar-refractivity contribution is -0.141. The fourth-order valence-corrected chi connectivity index (χ4v) is 5.30. The third-order valence-corrected chi connectivity index (χ3v) is 7.31. The van der Waals surface area contributed by atoms with Crippen molar-refractivity contribution in [1.82, 2.24) is 9.47 Å². The Hall–Kier alpha value is -4.56. The summed E-state index contributed by atoms with van der Waals surface area (Å²) in [4.78, 5) is 31.0. The second-order valence-corrected chi connectivity index (χ2v) is 10.2. The van der Waals surface area contributed by atoms with Crippen molar-refractivity contribution in [3.63, 3.8) is 0 Å². The minimum absolute atomic E-state index is 0.108. The second kappa shape index (κ2) is 12.3. The van der Waals surface area contributed by atoms with E-state index in [-0.39, 0.29) is 31.0 Å². The molecule has 5 rings (SSSR count). The highest BCUT2D eigenvalue weighted by molar-refractivity contribution is 6.00. The van der Waals surface area contributed by atoms with Gasteiger partial charge in [-0.15, -0.1) is 0 Å². The Balaban J connectivity index is 1.48. The second-order valence-electron chi connectivity index (χ2n) is 10.2. The Morgan fingerprint density at radius 1 is 0.878 bits per heavy atom. The van der Waals surface area contributed by atoms with E-state index in [0.717, 1.165) is 28.2 Å². The van der Waals surface area contributed by atoms with Gasteiger partial charge in [-0.2, -0.15) is 0 Å². The first kappa shape index (κ1) is 28.0. The van der Waals surface area contributed by atoms with Gasteiger partial charge in [0.25, 0.3) is 0 Å². The van der Waals surface area contributed by atoms with E-state index in [9.17, 15) is 9.59 Å². The molecule has 0 radical (unpaired) electrons. The number of anilines is 1. The summed E-state index contributed by atoms with van der Waals surface area (Å²) >= 11 is 0. The van der Waals surface area contributed by atoms with Gasteiger partial charge in [-0.3, -0.25) is 14.5 Å². The number of aromatic nitrogens is 1. The van der Waals surface area contributed by atoms with Crippen LogP contribution in [0.25, 0.3) is 5.69 Å². The highest BCUT2D eigenvalue weighted by atomic mass is 16.5. The number of amides is 2. The molecule has 41 heavy (non-hydrogen) atoms. The molecule has 8 nitrogen and oxygen atoms in total. The monoisotopic (exact) mass is 553 g/mol. The summed E-state index contributed by atoms with van der Waals surface area (Å²) in [7, 11) is 3.22. The number of hydrogen-bond donors (Lipinski definition) is 0. The molecule has 8 heteroatoms. The summed E-state index contributed by atoms with van der Waals surface area (Å²) in [5.41, 5.74) is 4.29. The molecule has 2 heterocycles. The molecule has 1 aromatic heterocycles. The summed E-state index contributed by atoms with van der Waals surface area (Å²) in [6.07, 6.45) is 1.99. The van der Waals surface area contributed by atoms with Gasteiger partial charge in [0.2, 0.25) is 11.8 Å². The molecule has 3 aromatic carbocycles. The maximum absolute atomic E-state index is 14.4. The molecule has 212 valence electrons. The summed E-state index contributed by atoms with van der Waals surface area (Å²) < 4.78 is 19.1. The van der Waals surface area contributed by atoms with Gasteiger partial charge in [0.15, 0.2) is 0 Å². The standard InChI is InChI=1S/C33H35N3O5/c1-23(2)35(32(38)22-41-21-24-11-6-5-7-12-24)20-31(37)36-28-14-9-8-13-27(28)34-18-10-15-29(34)33(36)26-19-25(39-3)16-17-30(26)40-4/h5-19,23,33H,20-22H2,1-4H3. The van der Waals surface area contributed by atoms with E-state index in [1.807, 2.05) is 105 Å². The largest absolute Gasteiger partial charge is 0.497 e. The first-order chi connectivity index (χ1) is 19.9. The van der Waals surface area contributed by atoms with Crippen molar-refractivity contribution < 1.29 is 23.8 Å². The lowest BCUT2D eigenvalue weighted by atomic mass is 9.96. The van der Waals surface area contributed by atoms with E-state index in [0.29, 0.717) is 18.1 Å². The topological polar surface area (TPSA) is 73.2 Å². The quantitative estimate of drug-likeness (QED) is 0.264. The number of carbonyl (C=O) groups is 2. The third kappa shape index (κ3) is 5.69. The van der Waals surface area contributed by atoms with Gasteiger partial charge < -0.3 is 23.7 Å². The number of rotatable bonds is 10. The summed E-state index contributed by atoms with van der Waals surface area (Å²) in [5.74, 6) is 0.824. The van der Waals surface area contributed by atoms with Gasteiger partial charge in [0, 0.05) is 17.8 Å². The maximum atomic E-state index is 14.4. The zero-order valence-corrected chi connectivity index (χ0v) is 23.8. The Kier molecular flexibility index (Phi) is 8.40. The third-order valence-electron chi connectivity index (χ3n) is 7.31. The van der Waals surface area contributed by atoms with Crippen molar-refractivity contribution >= 4 is 17.5 Å². The average molecular weight is 554 g/mol. The molecule has 1 aliphatic rings. The number of methoxy groups -OCH3 is 2. The number of para-hydroxylation sites is 2. The lowest BCUT2D eigenvalue weighted by Gasteiger charge is -2.40. The van der Waals surface area contributed by atoms with E-state index >= 15 is 0 Å². The maximum Gasteiger partial charge on any atom is 0.249 e. The summed E-state index contributed by atoms with van der Waals surface area (Å²) in [6.45, 7) is 3.90. The molecule has 1 atom stereocenters. The number of carbonyl (C=O) groups excluding carboxylic acids is 2. The van der Waals surface area contributed by atoms with E-state index in [1.54, 1.807) is 24.0 Å². The normalized spacial score (nSPS) is 13.9. The molecular formula is C33H35N3O5. The van der Waals surface area contributed by atoms with Crippen molar-refractivity contribution in [2.45, 2.75) is 32.5 Å². The van der Waals surface area contributed by atoms with E-state index in [2.05, 4.69) is 4.57 Å². The molecule has 0 N–H and O–H groups in total. The van der Waals surface area contributed by atoms with Gasteiger partial charge in [-0.25, -0.2) is 0 Å². The molecule has 4 aromatic rings. The van der Waals surface area contributed by atoms with Crippen LogP contribution in [0.1, 0.15) is 36.7 Å². The summed E-state index contributed by atoms with van der Waals surface area (Å²) in [5, 5.41) is 0. The highest BCUT2D eigenvalue weighted by Crippen LogP contribution is 2.45. The van der Waals surface area contributed by atoms with Crippen LogP contribution in [0.2, 0.25) is 0 Å². The van der Waals surface area contributed by atoms with Gasteiger partial charge in [-0.05, 0) is 61.9 Å². The number of nitrogens with zero attached hydrogens (tertiary/aromatic N) is 3. The molecule has 0 bridgehead atoms. The van der Waals surface area contributed by atoms with Crippen molar-refractivity contribution in [3.05, 3.63) is 108 Å². The fourth-order valence-electron chi connectivity index (χ4n) is 5.30. The Morgan fingerprint density at radius 2 is 1.61 bits per heavy atom. The SMILES string of the molecule is COc1ccc(OC)c(C2c3cccn3-c3ccccc3N2C(=O)CN(C(=O)COCc2ccccc2)C(C)C)c1. The van der Waals surface area contributed by atoms with Gasteiger partial charge >= 0.3 is 0 Å². The molecular weight excluding hydrogens is 518 g/mol. The molecule has 2 amide bonds. The highest BCUT2D eigenvalue weighted by Gasteiger charge is 2.38. The Bertz CT molecular complexity index is 1510. The van der Waals surface area contributed by atoms with Crippen LogP contribution >= 0.6 is 0 Å². The molecule has 1 aliphatic heterocycles. The lowest BCUT2D eigenvalue weighted by Crippen LogP contribution is -2.49. The van der Waals surface area contributed by atoms with Crippen LogP contribution in [0.5, 0.6) is 11.5 Å². The predicted molar refractivity (Wildman–Crippen MR) is 158 cm³/mol. The van der Waals surface area contributed by atoms with Crippen LogP contribution in [0.4, 0.5) is 5.69 Å². The van der Waals surface area contributed by atoms with Crippen molar-refractivity contribution in [3.8, 4) is 17.2 Å². The Morgan fingerprint density at radius 3 is 2.32 bits per heavy atom. The van der Waals surface area contributed by atoms with E-state index in [4.69, 9.17) is 14.2 Å². The van der Waals surface area contributed by atoms with E-state index in [1.165, 1.54) is 0 Å². The minimum Gasteiger partial charge on any atom is -0.497 e.